The molecule has 1 aliphatic rings. The lowest BCUT2D eigenvalue weighted by Crippen LogP contribution is -2.14. The van der Waals surface area contributed by atoms with Crippen LogP contribution in [0.4, 0.5) is 0 Å². The molecule has 1 aliphatic carbocycles. The van der Waals surface area contributed by atoms with Crippen molar-refractivity contribution in [3.63, 3.8) is 0 Å². The van der Waals surface area contributed by atoms with Crippen molar-refractivity contribution in [3.05, 3.63) is 0 Å². The number of nitrogens with zero attached hydrogens (tertiary/aromatic N) is 1. The Hall–Kier alpha value is -0.510. The predicted molar refractivity (Wildman–Crippen MR) is 55.2 cm³/mol. The van der Waals surface area contributed by atoms with Gasteiger partial charge in [-0.3, -0.25) is 0 Å². The average Bonchev–Trinajstić information content (AvgIpc) is 2.17. The van der Waals surface area contributed by atoms with Crippen molar-refractivity contribution in [2.45, 2.75) is 58.3 Å². The van der Waals surface area contributed by atoms with Crippen LogP contribution in [0.25, 0.3) is 0 Å². The zero-order valence-electron chi connectivity index (χ0n) is 8.76. The molecular weight excluding hydrogens is 158 g/mol. The minimum absolute atomic E-state index is 0.767. The highest BCUT2D eigenvalue weighted by Gasteiger charge is 2.19. The molecule has 0 aliphatic heterocycles. The van der Waals surface area contributed by atoms with E-state index < -0.39 is 0 Å². The van der Waals surface area contributed by atoms with E-state index in [0.717, 1.165) is 24.7 Å². The molecule has 1 fully saturated rings. The van der Waals surface area contributed by atoms with Gasteiger partial charge < -0.3 is 0 Å². The monoisotopic (exact) mass is 179 g/mol. The summed E-state index contributed by atoms with van der Waals surface area (Å²) >= 11 is 0. The number of nitriles is 1. The van der Waals surface area contributed by atoms with Gasteiger partial charge in [-0.15, -0.1) is 0 Å². The molecule has 0 amide bonds. The molecule has 0 aromatic carbocycles. The topological polar surface area (TPSA) is 23.8 Å². The molecule has 1 rings (SSSR count). The second kappa shape index (κ2) is 6.02. The average molecular weight is 179 g/mol. The minimum atomic E-state index is 0.767. The van der Waals surface area contributed by atoms with Crippen LogP contribution in [0, 0.1) is 23.2 Å². The van der Waals surface area contributed by atoms with Crippen LogP contribution in [0.2, 0.25) is 0 Å². The molecule has 0 aromatic heterocycles. The Morgan fingerprint density at radius 1 is 1.08 bits per heavy atom. The molecule has 0 saturated heterocycles. The Morgan fingerprint density at radius 2 is 1.62 bits per heavy atom. The van der Waals surface area contributed by atoms with Crippen molar-refractivity contribution < 1.29 is 0 Å². The second-order valence-electron chi connectivity index (χ2n) is 4.37. The maximum absolute atomic E-state index is 8.48. The molecule has 0 N–H and O–H groups in total. The van der Waals surface area contributed by atoms with Gasteiger partial charge in [0.15, 0.2) is 0 Å². The summed E-state index contributed by atoms with van der Waals surface area (Å²) in [6.45, 7) is 2.28. The number of hydrogen-bond acceptors (Lipinski definition) is 1. The molecule has 0 atom stereocenters. The van der Waals surface area contributed by atoms with E-state index in [9.17, 15) is 0 Å². The van der Waals surface area contributed by atoms with Gasteiger partial charge in [0.2, 0.25) is 0 Å². The molecule has 0 heterocycles. The Bertz CT molecular complexity index is 160. The molecule has 0 spiro atoms. The van der Waals surface area contributed by atoms with E-state index >= 15 is 0 Å². The third-order valence-electron chi connectivity index (χ3n) is 3.33. The van der Waals surface area contributed by atoms with Gasteiger partial charge in [-0.05, 0) is 18.3 Å². The van der Waals surface area contributed by atoms with Crippen LogP contribution in [-0.4, -0.2) is 0 Å². The number of rotatable bonds is 4. The lowest BCUT2D eigenvalue weighted by atomic mass is 9.78. The van der Waals surface area contributed by atoms with Crippen molar-refractivity contribution in [2.24, 2.45) is 11.8 Å². The summed E-state index contributed by atoms with van der Waals surface area (Å²) < 4.78 is 0. The van der Waals surface area contributed by atoms with E-state index in [4.69, 9.17) is 5.26 Å². The normalized spacial score (nSPS) is 28.3. The predicted octanol–water partition coefficient (Wildman–Crippen LogP) is 3.90. The third kappa shape index (κ3) is 3.81. The van der Waals surface area contributed by atoms with Gasteiger partial charge in [0.1, 0.15) is 0 Å². The first-order valence-electron chi connectivity index (χ1n) is 5.73. The van der Waals surface area contributed by atoms with Gasteiger partial charge in [-0.2, -0.15) is 5.26 Å². The first-order chi connectivity index (χ1) is 6.36. The highest BCUT2D eigenvalue weighted by Crippen LogP contribution is 2.33. The first kappa shape index (κ1) is 10.6. The van der Waals surface area contributed by atoms with Gasteiger partial charge >= 0.3 is 0 Å². The van der Waals surface area contributed by atoms with Crippen molar-refractivity contribution in [1.29, 1.82) is 5.26 Å². The van der Waals surface area contributed by atoms with Crippen molar-refractivity contribution in [1.82, 2.24) is 0 Å². The third-order valence-corrected chi connectivity index (χ3v) is 3.33. The van der Waals surface area contributed by atoms with E-state index in [-0.39, 0.29) is 0 Å². The van der Waals surface area contributed by atoms with Crippen LogP contribution < -0.4 is 0 Å². The molecule has 0 bridgehead atoms. The van der Waals surface area contributed by atoms with Gasteiger partial charge in [-0.25, -0.2) is 0 Å². The molecule has 13 heavy (non-hydrogen) atoms. The molecule has 1 saturated carbocycles. The summed E-state index contributed by atoms with van der Waals surface area (Å²) in [5.74, 6) is 1.87. The Labute approximate surface area is 82.1 Å². The summed E-state index contributed by atoms with van der Waals surface area (Å²) in [4.78, 5) is 0. The minimum Gasteiger partial charge on any atom is -0.198 e. The van der Waals surface area contributed by atoms with Crippen LogP contribution >= 0.6 is 0 Å². The highest BCUT2D eigenvalue weighted by atomic mass is 14.3. The molecule has 0 aromatic rings. The Morgan fingerprint density at radius 3 is 2.08 bits per heavy atom. The van der Waals surface area contributed by atoms with Crippen LogP contribution in [0.5, 0.6) is 0 Å². The summed E-state index contributed by atoms with van der Waals surface area (Å²) in [6.07, 6.45) is 10.3. The Balaban J connectivity index is 2.12. The van der Waals surface area contributed by atoms with Crippen molar-refractivity contribution in [3.8, 4) is 6.07 Å². The fourth-order valence-corrected chi connectivity index (χ4v) is 2.49. The van der Waals surface area contributed by atoms with Gasteiger partial charge in [0.25, 0.3) is 0 Å². The molecule has 1 nitrogen and oxygen atoms in total. The van der Waals surface area contributed by atoms with Gasteiger partial charge in [-0.1, -0.05) is 45.4 Å². The van der Waals surface area contributed by atoms with Gasteiger partial charge in [0.05, 0.1) is 6.07 Å². The zero-order chi connectivity index (χ0) is 9.52. The maximum atomic E-state index is 8.48. The lowest BCUT2D eigenvalue weighted by Gasteiger charge is -2.27. The second-order valence-corrected chi connectivity index (χ2v) is 4.37. The van der Waals surface area contributed by atoms with Crippen LogP contribution in [0.3, 0.4) is 0 Å². The SMILES string of the molecule is CCCC1CCC(CCC#N)CC1. The van der Waals surface area contributed by atoms with Gasteiger partial charge in [0, 0.05) is 6.42 Å². The zero-order valence-corrected chi connectivity index (χ0v) is 8.76. The van der Waals surface area contributed by atoms with E-state index in [1.165, 1.54) is 38.5 Å². The first-order valence-corrected chi connectivity index (χ1v) is 5.73. The molecular formula is C12H21N. The van der Waals surface area contributed by atoms with E-state index in [1.807, 2.05) is 0 Å². The van der Waals surface area contributed by atoms with Crippen LogP contribution in [0.15, 0.2) is 0 Å². The lowest BCUT2D eigenvalue weighted by molar-refractivity contribution is 0.253. The van der Waals surface area contributed by atoms with E-state index in [0.29, 0.717) is 0 Å². The molecule has 0 unspecified atom stereocenters. The Kier molecular flexibility index (Phi) is 4.90. The van der Waals surface area contributed by atoms with Crippen LogP contribution in [-0.2, 0) is 0 Å². The van der Waals surface area contributed by atoms with Crippen LogP contribution in [0.1, 0.15) is 58.3 Å². The molecule has 1 heteroatoms. The summed E-state index contributed by atoms with van der Waals surface area (Å²) in [5, 5.41) is 8.48. The maximum Gasteiger partial charge on any atom is 0.0621 e. The largest absolute Gasteiger partial charge is 0.198 e. The fraction of sp³-hybridized carbons (Fsp3) is 0.917. The van der Waals surface area contributed by atoms with Crippen molar-refractivity contribution >= 4 is 0 Å². The van der Waals surface area contributed by atoms with E-state index in [2.05, 4.69) is 13.0 Å². The highest BCUT2D eigenvalue weighted by molar-refractivity contribution is 4.77. The molecule has 0 radical (unpaired) electrons. The van der Waals surface area contributed by atoms with Crippen molar-refractivity contribution in [2.75, 3.05) is 0 Å². The summed E-state index contributed by atoms with van der Waals surface area (Å²) in [5.41, 5.74) is 0. The standard InChI is InChI=1S/C12H21N/c1-2-4-11-6-8-12(9-7-11)5-3-10-13/h11-12H,2-9H2,1H3. The van der Waals surface area contributed by atoms with E-state index in [1.54, 1.807) is 0 Å². The molecule has 74 valence electrons. The summed E-state index contributed by atoms with van der Waals surface area (Å²) in [7, 11) is 0. The smallest absolute Gasteiger partial charge is 0.0621 e. The summed E-state index contributed by atoms with van der Waals surface area (Å²) in [6, 6.07) is 2.25. The number of hydrogen-bond donors (Lipinski definition) is 0. The fourth-order valence-electron chi connectivity index (χ4n) is 2.49. The quantitative estimate of drug-likeness (QED) is 0.642.